The van der Waals surface area contributed by atoms with Crippen molar-refractivity contribution in [2.45, 2.75) is 0 Å². The maximum atomic E-state index is 15.1. The summed E-state index contributed by atoms with van der Waals surface area (Å²) < 4.78 is 129. The van der Waals surface area contributed by atoms with E-state index in [1.165, 1.54) is 6.07 Å². The normalized spacial score (nSPS) is 12.3. The Morgan fingerprint density at radius 2 is 0.564 bits per heavy atom. The molecule has 540 valence electrons. The predicted molar refractivity (Wildman–Crippen MR) is 349 cm³/mol. The number of ether oxygens (including phenoxy) is 20. The van der Waals surface area contributed by atoms with E-state index in [9.17, 15) is 0 Å². The first-order valence-corrected chi connectivity index (χ1v) is 32.9. The first-order chi connectivity index (χ1) is 46.6. The molecule has 1 aliphatic rings. The maximum Gasteiger partial charge on any atom is 0.200 e. The number of halogens is 1. The number of allylic oxidation sites excluding steroid dienone is 5. The molecule has 0 unspecified atom stereocenters. The SMILES string of the molecule is OCCOCCOCCOCCOCCOCCN(CCOCCOCCOCCOCCOCCO)c1ccc(C(=C2C=CC(=[N+](CCOCCOCCOCCOCCOCCO)CCOCCOCCOCCOCCOCCO)C=C2)c2cccc(F)c2)cc1. The largest absolute Gasteiger partial charge is 0.394 e. The number of rotatable bonds is 71. The Kier molecular flexibility index (Phi) is 58.4. The van der Waals surface area contributed by atoms with Crippen molar-refractivity contribution in [1.29, 1.82) is 0 Å². The fourth-order valence-electron chi connectivity index (χ4n) is 8.45. The van der Waals surface area contributed by atoms with Crippen LogP contribution in [0.3, 0.4) is 0 Å². The van der Waals surface area contributed by atoms with Gasteiger partial charge in [0.15, 0.2) is 18.8 Å². The van der Waals surface area contributed by atoms with Crippen LogP contribution in [0.1, 0.15) is 11.1 Å². The van der Waals surface area contributed by atoms with Gasteiger partial charge in [-0.3, -0.25) is 0 Å². The number of hydrogen-bond acceptors (Lipinski definition) is 25. The third kappa shape index (κ3) is 47.9. The summed E-state index contributed by atoms with van der Waals surface area (Å²) in [5.74, 6) is -0.340. The summed E-state index contributed by atoms with van der Waals surface area (Å²) in [6, 6.07) is 14.9. The van der Waals surface area contributed by atoms with Crippen molar-refractivity contribution in [2.75, 3.05) is 322 Å². The van der Waals surface area contributed by atoms with Crippen LogP contribution in [0.15, 0.2) is 78.4 Å². The smallest absolute Gasteiger partial charge is 0.200 e. The highest BCUT2D eigenvalue weighted by atomic mass is 19.1. The highest BCUT2D eigenvalue weighted by molar-refractivity contribution is 6.04. The number of aliphatic hydroxyl groups is 4. The van der Waals surface area contributed by atoms with E-state index in [0.29, 0.717) is 290 Å². The van der Waals surface area contributed by atoms with Crippen LogP contribution in [0.5, 0.6) is 0 Å². The molecule has 2 aromatic carbocycles. The van der Waals surface area contributed by atoms with Crippen molar-refractivity contribution in [3.05, 3.63) is 95.4 Å². The Balaban J connectivity index is 1.63. The van der Waals surface area contributed by atoms with Gasteiger partial charge < -0.3 is 120 Å². The molecular weight excluding hydrogens is 1240 g/mol. The molecule has 0 saturated carbocycles. The van der Waals surface area contributed by atoms with Crippen LogP contribution in [0.25, 0.3) is 5.57 Å². The summed E-state index contributed by atoms with van der Waals surface area (Å²) >= 11 is 0. The molecule has 26 nitrogen and oxygen atoms in total. The minimum atomic E-state index is -0.340. The molecule has 2 aromatic rings. The summed E-state index contributed by atoms with van der Waals surface area (Å²) in [5.41, 5.74) is 5.33. The van der Waals surface area contributed by atoms with Gasteiger partial charge in [-0.05, 0) is 58.7 Å². The van der Waals surface area contributed by atoms with E-state index in [2.05, 4.69) is 58.0 Å². The molecular formula is C67H112FN2O24+. The van der Waals surface area contributed by atoms with E-state index < -0.39 is 0 Å². The van der Waals surface area contributed by atoms with Gasteiger partial charge >= 0.3 is 0 Å². The van der Waals surface area contributed by atoms with Crippen molar-refractivity contribution >= 4 is 17.0 Å². The zero-order valence-electron chi connectivity index (χ0n) is 55.6. The average molecular weight is 1350 g/mol. The standard InChI is InChI=1S/C67H112FN2O24/c68-64-3-1-2-63(60-64)67(61-4-8-65(9-5-61)69(12-20-75-28-36-83-44-52-91-56-48-87-40-32-79-24-16-71)13-21-76-29-37-84-45-53-92-57-49-88-41-33-80-25-17-72)62-6-10-66(11-7-62)70(14-22-77-30-38-85-46-54-93-58-50-89-42-34-81-26-18-73)15-23-78-31-39-86-47-55-94-59-51-90-43-35-82-27-19-74/h1-11,60,71-74H,12-59H2/q+1. The molecule has 0 spiro atoms. The number of aliphatic hydroxyl groups excluding tert-OH is 4. The number of anilines is 1. The van der Waals surface area contributed by atoms with E-state index in [-0.39, 0.29) is 32.2 Å². The van der Waals surface area contributed by atoms with Crippen molar-refractivity contribution < 1.29 is 124 Å². The second kappa shape index (κ2) is 65.1. The second-order valence-electron chi connectivity index (χ2n) is 20.1. The van der Waals surface area contributed by atoms with Gasteiger partial charge in [-0.2, -0.15) is 0 Å². The zero-order chi connectivity index (χ0) is 66.8. The minimum Gasteiger partial charge on any atom is -0.394 e. The minimum absolute atomic E-state index is 0.0121. The summed E-state index contributed by atoms with van der Waals surface area (Å²) in [4.78, 5) is 2.21. The van der Waals surface area contributed by atoms with Crippen molar-refractivity contribution in [2.24, 2.45) is 0 Å². The molecule has 3 rings (SSSR count). The van der Waals surface area contributed by atoms with Crippen LogP contribution in [-0.4, -0.2) is 348 Å². The third-order valence-corrected chi connectivity index (χ3v) is 13.1. The van der Waals surface area contributed by atoms with E-state index in [4.69, 9.17) is 115 Å². The molecule has 0 saturated heterocycles. The monoisotopic (exact) mass is 1350 g/mol. The van der Waals surface area contributed by atoms with Crippen LogP contribution in [0.4, 0.5) is 10.1 Å². The van der Waals surface area contributed by atoms with Gasteiger partial charge in [0.1, 0.15) is 19.0 Å². The summed E-state index contributed by atoms with van der Waals surface area (Å²) in [7, 11) is 0. The van der Waals surface area contributed by atoms with Crippen molar-refractivity contribution in [1.82, 2.24) is 0 Å². The fraction of sp³-hybridized carbons (Fsp3) is 0.716. The lowest BCUT2D eigenvalue weighted by molar-refractivity contribution is -0.532. The van der Waals surface area contributed by atoms with Gasteiger partial charge in [0.05, 0.1) is 277 Å². The zero-order valence-corrected chi connectivity index (χ0v) is 55.6. The van der Waals surface area contributed by atoms with Crippen LogP contribution in [0.2, 0.25) is 0 Å². The van der Waals surface area contributed by atoms with Gasteiger partial charge in [-0.15, -0.1) is 0 Å². The van der Waals surface area contributed by atoms with E-state index in [1.54, 1.807) is 12.1 Å². The molecule has 1 aliphatic carbocycles. The third-order valence-electron chi connectivity index (χ3n) is 13.1. The summed E-state index contributed by atoms with van der Waals surface area (Å²) in [6.07, 6.45) is 8.26. The van der Waals surface area contributed by atoms with Crippen LogP contribution >= 0.6 is 0 Å². The molecule has 0 atom stereocenters. The molecule has 0 bridgehead atoms. The summed E-state index contributed by atoms with van der Waals surface area (Å²) in [5, 5.41) is 35.2. The maximum absolute atomic E-state index is 15.1. The first kappa shape index (κ1) is 84.3. The van der Waals surface area contributed by atoms with Gasteiger partial charge in [0.2, 0.25) is 0 Å². The Morgan fingerprint density at radius 1 is 0.298 bits per heavy atom. The van der Waals surface area contributed by atoms with Gasteiger partial charge in [-0.1, -0.05) is 24.3 Å². The van der Waals surface area contributed by atoms with Crippen LogP contribution < -0.4 is 4.90 Å². The van der Waals surface area contributed by atoms with E-state index in [0.717, 1.165) is 33.7 Å². The van der Waals surface area contributed by atoms with Crippen LogP contribution in [0, 0.1) is 5.82 Å². The highest BCUT2D eigenvalue weighted by Gasteiger charge is 2.18. The quantitative estimate of drug-likeness (QED) is 0.0547. The Bertz CT molecular complexity index is 2040. The fourth-order valence-corrected chi connectivity index (χ4v) is 8.45. The Hall–Kier alpha value is -3.90. The van der Waals surface area contributed by atoms with Crippen LogP contribution in [-0.2, 0) is 94.7 Å². The lowest BCUT2D eigenvalue weighted by atomic mass is 9.90. The molecule has 0 aromatic heterocycles. The first-order valence-electron chi connectivity index (χ1n) is 32.9. The predicted octanol–water partition coefficient (Wildman–Crippen LogP) is 2.31. The molecule has 0 aliphatic heterocycles. The highest BCUT2D eigenvalue weighted by Crippen LogP contribution is 2.31. The van der Waals surface area contributed by atoms with Crippen molar-refractivity contribution in [3.8, 4) is 0 Å². The van der Waals surface area contributed by atoms with Crippen molar-refractivity contribution in [3.63, 3.8) is 0 Å². The number of hydrogen-bond donors (Lipinski definition) is 4. The Labute approximate surface area is 556 Å². The average Bonchev–Trinajstić information content (AvgIpc) is 0.829. The summed E-state index contributed by atoms with van der Waals surface area (Å²) in [6.45, 7) is 19.0. The topological polar surface area (TPSA) is 272 Å². The Morgan fingerprint density at radius 3 is 0.840 bits per heavy atom. The van der Waals surface area contributed by atoms with E-state index >= 15 is 4.39 Å². The van der Waals surface area contributed by atoms with Gasteiger partial charge in [0.25, 0.3) is 0 Å². The molecule has 0 amide bonds. The van der Waals surface area contributed by atoms with Gasteiger partial charge in [-0.25, -0.2) is 8.97 Å². The van der Waals surface area contributed by atoms with Gasteiger partial charge in [0, 0.05) is 30.9 Å². The molecule has 27 heteroatoms. The lowest BCUT2D eigenvalue weighted by Gasteiger charge is -2.25. The lowest BCUT2D eigenvalue weighted by Crippen LogP contribution is -2.31. The molecule has 0 heterocycles. The number of nitrogens with zero attached hydrogens (tertiary/aromatic N) is 2. The second-order valence-corrected chi connectivity index (χ2v) is 20.1. The molecule has 4 N–H and O–H groups in total. The molecule has 0 radical (unpaired) electrons. The van der Waals surface area contributed by atoms with E-state index in [1.807, 2.05) is 6.07 Å². The number of benzene rings is 2. The molecule has 94 heavy (non-hydrogen) atoms. The molecule has 0 fully saturated rings.